The average Bonchev–Trinajstić information content (AvgIpc) is 2.64. The first-order valence-corrected chi connectivity index (χ1v) is 6.40. The predicted octanol–water partition coefficient (Wildman–Crippen LogP) is 3.35. The normalized spacial score (nSPS) is 34.9. The van der Waals surface area contributed by atoms with Crippen molar-refractivity contribution in [3.8, 4) is 0 Å². The molecule has 2 saturated heterocycles. The lowest BCUT2D eigenvalue weighted by Crippen LogP contribution is -2.45. The fourth-order valence-electron chi connectivity index (χ4n) is 3.36. The Morgan fingerprint density at radius 3 is 2.39 bits per heavy atom. The van der Waals surface area contributed by atoms with Crippen LogP contribution in [0.1, 0.15) is 36.8 Å². The van der Waals surface area contributed by atoms with Gasteiger partial charge in [-0.05, 0) is 31.4 Å². The summed E-state index contributed by atoms with van der Waals surface area (Å²) in [5, 5.41) is 3.28. The van der Waals surface area contributed by atoms with Gasteiger partial charge in [0.15, 0.2) is 0 Å². The van der Waals surface area contributed by atoms with Crippen molar-refractivity contribution in [1.29, 1.82) is 0 Å². The number of hydrogen-bond donors (Lipinski definition) is 1. The van der Waals surface area contributed by atoms with E-state index in [4.69, 9.17) is 0 Å². The second-order valence-electron chi connectivity index (χ2n) is 5.56. The topological polar surface area (TPSA) is 12.0 Å². The molecule has 0 radical (unpaired) electrons. The van der Waals surface area contributed by atoms with E-state index >= 15 is 4.39 Å². The number of nitrogens with one attached hydrogen (secondary N) is 1. The van der Waals surface area contributed by atoms with Crippen molar-refractivity contribution < 1.29 is 13.2 Å². The number of benzene rings is 1. The molecule has 98 valence electrons. The molecule has 2 aliphatic heterocycles. The quantitative estimate of drug-likeness (QED) is 0.811. The molecule has 0 saturated carbocycles. The Morgan fingerprint density at radius 1 is 1.17 bits per heavy atom. The Hall–Kier alpha value is -1.03. The van der Waals surface area contributed by atoms with Crippen LogP contribution in [0.15, 0.2) is 12.1 Å². The Kier molecular flexibility index (Phi) is 2.66. The Labute approximate surface area is 104 Å². The molecule has 1 N–H and O–H groups in total. The molecule has 2 aliphatic rings. The lowest BCUT2D eigenvalue weighted by Gasteiger charge is -2.35. The molecular weight excluding hydrogens is 239 g/mol. The molecule has 18 heavy (non-hydrogen) atoms. The van der Waals surface area contributed by atoms with E-state index in [1.807, 2.05) is 0 Å². The first-order chi connectivity index (χ1) is 8.49. The van der Waals surface area contributed by atoms with Crippen molar-refractivity contribution in [2.75, 3.05) is 0 Å². The van der Waals surface area contributed by atoms with Gasteiger partial charge in [-0.25, -0.2) is 13.2 Å². The van der Waals surface area contributed by atoms with E-state index in [2.05, 4.69) is 5.32 Å². The first-order valence-electron chi connectivity index (χ1n) is 6.40. The second-order valence-corrected chi connectivity index (χ2v) is 5.56. The maximum absolute atomic E-state index is 15.0. The Morgan fingerprint density at radius 2 is 1.78 bits per heavy atom. The maximum Gasteiger partial charge on any atom is 0.144 e. The van der Waals surface area contributed by atoms with Gasteiger partial charge in [-0.15, -0.1) is 0 Å². The van der Waals surface area contributed by atoms with Crippen LogP contribution in [-0.2, 0) is 5.67 Å². The summed E-state index contributed by atoms with van der Waals surface area (Å²) in [5.74, 6) is -1.49. The highest BCUT2D eigenvalue weighted by molar-refractivity contribution is 5.33. The highest BCUT2D eigenvalue weighted by Gasteiger charge is 2.47. The number of piperidine rings is 1. The summed E-state index contributed by atoms with van der Waals surface area (Å²) < 4.78 is 42.9. The minimum absolute atomic E-state index is 0.0491. The molecule has 3 rings (SSSR count). The molecule has 0 aliphatic carbocycles. The minimum Gasteiger partial charge on any atom is -0.311 e. The molecule has 2 unspecified atom stereocenters. The average molecular weight is 255 g/mol. The van der Waals surface area contributed by atoms with Gasteiger partial charge in [0.2, 0.25) is 0 Å². The van der Waals surface area contributed by atoms with Crippen LogP contribution in [0.5, 0.6) is 0 Å². The van der Waals surface area contributed by atoms with Crippen LogP contribution in [0.4, 0.5) is 13.2 Å². The number of halogens is 3. The number of aryl methyl sites for hydroxylation is 1. The number of fused-ring (bicyclic) bond motifs is 2. The fraction of sp³-hybridized carbons (Fsp3) is 0.571. The van der Waals surface area contributed by atoms with E-state index in [0.717, 1.165) is 12.8 Å². The molecule has 1 nitrogen and oxygen atoms in total. The monoisotopic (exact) mass is 255 g/mol. The van der Waals surface area contributed by atoms with Crippen LogP contribution >= 0.6 is 0 Å². The molecule has 4 heteroatoms. The molecule has 2 bridgehead atoms. The van der Waals surface area contributed by atoms with E-state index in [0.29, 0.717) is 5.56 Å². The number of rotatable bonds is 1. The highest BCUT2D eigenvalue weighted by atomic mass is 19.2. The van der Waals surface area contributed by atoms with Crippen LogP contribution in [0.2, 0.25) is 0 Å². The molecular formula is C14H16F3N. The van der Waals surface area contributed by atoms with Crippen molar-refractivity contribution in [1.82, 2.24) is 5.32 Å². The molecule has 1 aromatic rings. The summed E-state index contributed by atoms with van der Waals surface area (Å²) >= 11 is 0. The van der Waals surface area contributed by atoms with Crippen LogP contribution < -0.4 is 5.32 Å². The summed E-state index contributed by atoms with van der Waals surface area (Å²) in [7, 11) is 0. The van der Waals surface area contributed by atoms with E-state index in [1.165, 1.54) is 19.1 Å². The van der Waals surface area contributed by atoms with E-state index in [1.54, 1.807) is 0 Å². The van der Waals surface area contributed by atoms with Gasteiger partial charge in [0.05, 0.1) is 5.56 Å². The fourth-order valence-corrected chi connectivity index (χ4v) is 3.36. The molecule has 1 aromatic carbocycles. The molecule has 0 spiro atoms. The summed E-state index contributed by atoms with van der Waals surface area (Å²) in [4.78, 5) is 0. The van der Waals surface area contributed by atoms with Gasteiger partial charge in [-0.2, -0.15) is 0 Å². The zero-order valence-corrected chi connectivity index (χ0v) is 10.3. The van der Waals surface area contributed by atoms with Crippen LogP contribution in [0.25, 0.3) is 0 Å². The number of alkyl halides is 1. The maximum atomic E-state index is 15.0. The van der Waals surface area contributed by atoms with E-state index < -0.39 is 17.3 Å². The van der Waals surface area contributed by atoms with Gasteiger partial charge < -0.3 is 5.32 Å². The van der Waals surface area contributed by atoms with Gasteiger partial charge in [-0.3, -0.25) is 0 Å². The highest BCUT2D eigenvalue weighted by Crippen LogP contribution is 2.45. The van der Waals surface area contributed by atoms with Gasteiger partial charge >= 0.3 is 0 Å². The van der Waals surface area contributed by atoms with Crippen molar-refractivity contribution in [3.05, 3.63) is 34.9 Å². The second kappa shape index (κ2) is 3.98. The standard InChI is InChI=1S/C14H16F3N/c1-8-2-5-11(15)12(13(8)16)14(17)6-9-3-4-10(7-14)18-9/h2,5,9-10,18H,3-4,6-7H2,1H3. The Balaban J connectivity index is 2.06. The summed E-state index contributed by atoms with van der Waals surface area (Å²) in [6.07, 6.45) is 2.12. The molecule has 2 atom stereocenters. The lowest BCUT2D eigenvalue weighted by atomic mass is 9.82. The van der Waals surface area contributed by atoms with Crippen molar-refractivity contribution >= 4 is 0 Å². The first kappa shape index (κ1) is 12.0. The van der Waals surface area contributed by atoms with Gasteiger partial charge in [-0.1, -0.05) is 6.07 Å². The van der Waals surface area contributed by atoms with Crippen LogP contribution in [0, 0.1) is 18.6 Å². The molecule has 2 heterocycles. The third-order valence-corrected chi connectivity index (χ3v) is 4.21. The summed E-state index contributed by atoms with van der Waals surface area (Å²) in [6, 6.07) is 2.62. The van der Waals surface area contributed by atoms with E-state index in [-0.39, 0.29) is 30.5 Å². The van der Waals surface area contributed by atoms with Crippen molar-refractivity contribution in [2.24, 2.45) is 0 Å². The molecule has 0 amide bonds. The van der Waals surface area contributed by atoms with Gasteiger partial charge in [0.25, 0.3) is 0 Å². The van der Waals surface area contributed by atoms with Crippen LogP contribution in [0.3, 0.4) is 0 Å². The van der Waals surface area contributed by atoms with E-state index in [9.17, 15) is 8.78 Å². The zero-order chi connectivity index (χ0) is 12.9. The number of hydrogen-bond acceptors (Lipinski definition) is 1. The van der Waals surface area contributed by atoms with Crippen LogP contribution in [-0.4, -0.2) is 12.1 Å². The predicted molar refractivity (Wildman–Crippen MR) is 63.1 cm³/mol. The molecule has 2 fully saturated rings. The third kappa shape index (κ3) is 1.74. The smallest absolute Gasteiger partial charge is 0.144 e. The SMILES string of the molecule is Cc1ccc(F)c(C2(F)CC3CCC(C2)N3)c1F. The van der Waals surface area contributed by atoms with Gasteiger partial charge in [0.1, 0.15) is 17.3 Å². The summed E-state index contributed by atoms with van der Waals surface area (Å²) in [5.41, 5.74) is -1.92. The largest absolute Gasteiger partial charge is 0.311 e. The summed E-state index contributed by atoms with van der Waals surface area (Å²) in [6.45, 7) is 1.54. The van der Waals surface area contributed by atoms with Crippen molar-refractivity contribution in [2.45, 2.75) is 50.4 Å². The zero-order valence-electron chi connectivity index (χ0n) is 10.3. The van der Waals surface area contributed by atoms with Gasteiger partial charge in [0, 0.05) is 24.9 Å². The third-order valence-electron chi connectivity index (χ3n) is 4.21. The molecule has 0 aromatic heterocycles. The minimum atomic E-state index is -1.86. The lowest BCUT2D eigenvalue weighted by molar-refractivity contribution is 0.0787. The Bertz CT molecular complexity index is 474. The van der Waals surface area contributed by atoms with Crippen molar-refractivity contribution in [3.63, 3.8) is 0 Å².